The Kier molecular flexibility index (Phi) is 5.38. The summed E-state index contributed by atoms with van der Waals surface area (Å²) < 4.78 is 1.78. The third-order valence-corrected chi connectivity index (χ3v) is 5.06. The van der Waals surface area contributed by atoms with Crippen molar-refractivity contribution in [2.75, 3.05) is 13.1 Å². The van der Waals surface area contributed by atoms with E-state index in [-0.39, 0.29) is 11.0 Å². The molecule has 1 aromatic carbocycles. The zero-order valence-electron chi connectivity index (χ0n) is 15.6. The first-order valence-corrected chi connectivity index (χ1v) is 9.25. The lowest BCUT2D eigenvalue weighted by Gasteiger charge is -2.32. The first kappa shape index (κ1) is 17.9. The van der Waals surface area contributed by atoms with Gasteiger partial charge in [-0.15, -0.1) is 0 Å². The summed E-state index contributed by atoms with van der Waals surface area (Å²) in [6, 6.07) is 12.3. The van der Waals surface area contributed by atoms with E-state index >= 15 is 0 Å². The SMILES string of the molecule is CC(C)(C)c1cc(=O)n(CC2CCN(Cc3ccccc3)CC2)cn1. The second-order valence-corrected chi connectivity index (χ2v) is 8.22. The first-order valence-electron chi connectivity index (χ1n) is 9.25. The maximum absolute atomic E-state index is 12.4. The number of hydrogen-bond donors (Lipinski definition) is 0. The molecule has 134 valence electrons. The summed E-state index contributed by atoms with van der Waals surface area (Å²) in [5, 5.41) is 0. The van der Waals surface area contributed by atoms with Crippen molar-refractivity contribution < 1.29 is 0 Å². The summed E-state index contributed by atoms with van der Waals surface area (Å²) in [4.78, 5) is 19.4. The molecule has 25 heavy (non-hydrogen) atoms. The molecular formula is C21H29N3O. The van der Waals surface area contributed by atoms with Crippen LogP contribution in [-0.4, -0.2) is 27.5 Å². The topological polar surface area (TPSA) is 38.1 Å². The minimum atomic E-state index is -0.0823. The van der Waals surface area contributed by atoms with Crippen LogP contribution >= 0.6 is 0 Å². The highest BCUT2D eigenvalue weighted by atomic mass is 16.1. The van der Waals surface area contributed by atoms with Crippen LogP contribution in [0.3, 0.4) is 0 Å². The molecule has 3 rings (SSSR count). The van der Waals surface area contributed by atoms with Crippen molar-refractivity contribution in [3.63, 3.8) is 0 Å². The number of nitrogens with zero attached hydrogens (tertiary/aromatic N) is 3. The summed E-state index contributed by atoms with van der Waals surface area (Å²) >= 11 is 0. The summed E-state index contributed by atoms with van der Waals surface area (Å²) in [7, 11) is 0. The van der Waals surface area contributed by atoms with Gasteiger partial charge in [0.2, 0.25) is 0 Å². The van der Waals surface area contributed by atoms with Crippen molar-refractivity contribution in [3.05, 3.63) is 64.3 Å². The zero-order valence-corrected chi connectivity index (χ0v) is 15.6. The molecule has 2 heterocycles. The number of rotatable bonds is 4. The van der Waals surface area contributed by atoms with E-state index in [1.54, 1.807) is 17.0 Å². The average molecular weight is 339 g/mol. The molecule has 1 saturated heterocycles. The van der Waals surface area contributed by atoms with Crippen LogP contribution in [0.1, 0.15) is 44.9 Å². The van der Waals surface area contributed by atoms with Crippen molar-refractivity contribution in [1.29, 1.82) is 0 Å². The summed E-state index contributed by atoms with van der Waals surface area (Å²) in [6.45, 7) is 10.3. The highest BCUT2D eigenvalue weighted by Crippen LogP contribution is 2.21. The second-order valence-electron chi connectivity index (χ2n) is 8.22. The fourth-order valence-corrected chi connectivity index (χ4v) is 3.42. The Morgan fingerprint density at radius 3 is 2.40 bits per heavy atom. The normalized spacial score (nSPS) is 16.9. The van der Waals surface area contributed by atoms with Crippen molar-refractivity contribution in [2.45, 2.75) is 52.1 Å². The highest BCUT2D eigenvalue weighted by molar-refractivity contribution is 5.14. The van der Waals surface area contributed by atoms with E-state index in [9.17, 15) is 4.79 Å². The Labute approximate surface area is 150 Å². The summed E-state index contributed by atoms with van der Waals surface area (Å²) in [5.41, 5.74) is 2.23. The van der Waals surface area contributed by atoms with Gasteiger partial charge in [0.1, 0.15) is 0 Å². The Hall–Kier alpha value is -1.94. The molecule has 2 aromatic rings. The van der Waals surface area contributed by atoms with E-state index in [1.165, 1.54) is 5.56 Å². The van der Waals surface area contributed by atoms with Crippen molar-refractivity contribution >= 4 is 0 Å². The van der Waals surface area contributed by atoms with Gasteiger partial charge >= 0.3 is 0 Å². The van der Waals surface area contributed by atoms with E-state index in [2.05, 4.69) is 61.0 Å². The third-order valence-electron chi connectivity index (χ3n) is 5.06. The van der Waals surface area contributed by atoms with E-state index < -0.39 is 0 Å². The Morgan fingerprint density at radius 2 is 1.80 bits per heavy atom. The zero-order chi connectivity index (χ0) is 17.9. The van der Waals surface area contributed by atoms with Crippen LogP contribution in [0, 0.1) is 5.92 Å². The molecule has 0 aliphatic carbocycles. The molecule has 4 heteroatoms. The van der Waals surface area contributed by atoms with Crippen LogP contribution in [0.5, 0.6) is 0 Å². The lowest BCUT2D eigenvalue weighted by atomic mass is 9.92. The Morgan fingerprint density at radius 1 is 1.12 bits per heavy atom. The quantitative estimate of drug-likeness (QED) is 0.856. The molecular weight excluding hydrogens is 310 g/mol. The number of benzene rings is 1. The van der Waals surface area contributed by atoms with Gasteiger partial charge in [-0.2, -0.15) is 0 Å². The second kappa shape index (κ2) is 7.52. The standard InChI is InChI=1S/C21H29N3O/c1-21(2,3)19-13-20(25)24(16-22-19)15-18-9-11-23(12-10-18)14-17-7-5-4-6-8-17/h4-8,13,16,18H,9-12,14-15H2,1-3H3. The van der Waals surface area contributed by atoms with Gasteiger partial charge in [0.25, 0.3) is 5.56 Å². The molecule has 0 radical (unpaired) electrons. The molecule has 0 spiro atoms. The summed E-state index contributed by atoms with van der Waals surface area (Å²) in [6.07, 6.45) is 4.01. The van der Waals surface area contributed by atoms with Gasteiger partial charge in [0.05, 0.1) is 12.0 Å². The van der Waals surface area contributed by atoms with Gasteiger partial charge in [-0.05, 0) is 37.4 Å². The van der Waals surface area contributed by atoms with Crippen molar-refractivity contribution in [1.82, 2.24) is 14.5 Å². The minimum Gasteiger partial charge on any atom is -0.299 e. The van der Waals surface area contributed by atoms with E-state index in [0.717, 1.165) is 44.7 Å². The van der Waals surface area contributed by atoms with Crippen molar-refractivity contribution in [2.24, 2.45) is 5.92 Å². The van der Waals surface area contributed by atoms with Gasteiger partial charge in [-0.3, -0.25) is 14.3 Å². The largest absolute Gasteiger partial charge is 0.299 e. The van der Waals surface area contributed by atoms with Gasteiger partial charge in [0, 0.05) is 24.6 Å². The fourth-order valence-electron chi connectivity index (χ4n) is 3.42. The van der Waals surface area contributed by atoms with Gasteiger partial charge < -0.3 is 0 Å². The molecule has 1 fully saturated rings. The molecule has 4 nitrogen and oxygen atoms in total. The molecule has 0 saturated carbocycles. The number of aromatic nitrogens is 2. The lowest BCUT2D eigenvalue weighted by Crippen LogP contribution is -2.36. The molecule has 0 unspecified atom stereocenters. The van der Waals surface area contributed by atoms with Crippen LogP contribution in [0.2, 0.25) is 0 Å². The van der Waals surface area contributed by atoms with E-state index in [1.807, 2.05) is 0 Å². The average Bonchev–Trinajstić information content (AvgIpc) is 2.58. The van der Waals surface area contributed by atoms with Gasteiger partial charge in [-0.1, -0.05) is 51.1 Å². The van der Waals surface area contributed by atoms with E-state index in [0.29, 0.717) is 5.92 Å². The van der Waals surface area contributed by atoms with Crippen LogP contribution in [0.15, 0.2) is 47.5 Å². The third kappa shape index (κ3) is 4.79. The molecule has 0 N–H and O–H groups in total. The predicted octanol–water partition coefficient (Wildman–Crippen LogP) is 3.45. The molecule has 1 aromatic heterocycles. The molecule has 0 atom stereocenters. The number of piperidine rings is 1. The monoisotopic (exact) mass is 339 g/mol. The fraction of sp³-hybridized carbons (Fsp3) is 0.524. The minimum absolute atomic E-state index is 0.0756. The molecule has 1 aliphatic heterocycles. The maximum Gasteiger partial charge on any atom is 0.253 e. The van der Waals surface area contributed by atoms with E-state index in [4.69, 9.17) is 0 Å². The number of likely N-dealkylation sites (tertiary alicyclic amines) is 1. The smallest absolute Gasteiger partial charge is 0.253 e. The van der Waals surface area contributed by atoms with Crippen LogP contribution in [0.4, 0.5) is 0 Å². The number of hydrogen-bond acceptors (Lipinski definition) is 3. The molecule has 0 bridgehead atoms. The van der Waals surface area contributed by atoms with Gasteiger partial charge in [-0.25, -0.2) is 4.98 Å². The Balaban J connectivity index is 1.55. The van der Waals surface area contributed by atoms with Crippen LogP contribution < -0.4 is 5.56 Å². The molecule has 1 aliphatic rings. The predicted molar refractivity (Wildman–Crippen MR) is 102 cm³/mol. The maximum atomic E-state index is 12.4. The van der Waals surface area contributed by atoms with Gasteiger partial charge in [0.15, 0.2) is 0 Å². The van der Waals surface area contributed by atoms with Crippen molar-refractivity contribution in [3.8, 4) is 0 Å². The highest BCUT2D eigenvalue weighted by Gasteiger charge is 2.21. The molecule has 0 amide bonds. The first-order chi connectivity index (χ1) is 11.9. The lowest BCUT2D eigenvalue weighted by molar-refractivity contribution is 0.166. The Bertz CT molecular complexity index is 738. The summed E-state index contributed by atoms with van der Waals surface area (Å²) in [5.74, 6) is 0.562. The van der Waals surface area contributed by atoms with Crippen LogP contribution in [-0.2, 0) is 18.5 Å². The van der Waals surface area contributed by atoms with Crippen LogP contribution in [0.25, 0.3) is 0 Å².